The molecule has 1 heterocycles. The molecule has 0 atom stereocenters. The van der Waals surface area contributed by atoms with Crippen molar-refractivity contribution < 1.29 is 4.39 Å². The van der Waals surface area contributed by atoms with E-state index in [1.165, 1.54) is 0 Å². The van der Waals surface area contributed by atoms with Crippen molar-refractivity contribution in [2.24, 2.45) is 0 Å². The first kappa shape index (κ1) is 8.63. The first-order valence-electron chi connectivity index (χ1n) is 3.90. The van der Waals surface area contributed by atoms with Crippen LogP contribution in [0.3, 0.4) is 0 Å². The van der Waals surface area contributed by atoms with Gasteiger partial charge in [-0.05, 0) is 39.7 Å². The fourth-order valence-corrected chi connectivity index (χ4v) is 1.59. The first-order chi connectivity index (χ1) is 6.29. The summed E-state index contributed by atoms with van der Waals surface area (Å²) in [5.74, 6) is 0. The molecule has 2 aromatic rings. The summed E-state index contributed by atoms with van der Waals surface area (Å²) in [5.41, 5.74) is 1.58. The predicted octanol–water partition coefficient (Wildman–Crippen LogP) is 3.47. The smallest absolute Gasteiger partial charge is 0.115 e. The van der Waals surface area contributed by atoms with Crippen LogP contribution in [-0.4, -0.2) is 4.98 Å². The Morgan fingerprint density at radius 1 is 1.31 bits per heavy atom. The Bertz CT molecular complexity index is 442. The Hall–Kier alpha value is -0.960. The Kier molecular flexibility index (Phi) is 2.27. The van der Waals surface area contributed by atoms with E-state index in [4.69, 9.17) is 0 Å². The van der Waals surface area contributed by atoms with E-state index in [2.05, 4.69) is 20.9 Å². The molecule has 0 bridgehead atoms. The second kappa shape index (κ2) is 3.42. The standard InChI is InChI=1S/C10H7BrFN/c11-9-4-8-3-7(5-12)1-2-10(8)13-6-9/h1-4,6H,5H2. The SMILES string of the molecule is FCc1ccc2ncc(Br)cc2c1. The molecule has 0 amide bonds. The zero-order valence-electron chi connectivity index (χ0n) is 6.80. The quantitative estimate of drug-likeness (QED) is 0.743. The van der Waals surface area contributed by atoms with Crippen molar-refractivity contribution in [1.29, 1.82) is 0 Å². The molecular formula is C10H7BrFN. The van der Waals surface area contributed by atoms with Crippen LogP contribution in [0.15, 0.2) is 34.9 Å². The zero-order chi connectivity index (χ0) is 9.26. The van der Waals surface area contributed by atoms with Gasteiger partial charge < -0.3 is 0 Å². The number of halogens is 2. The molecule has 0 saturated heterocycles. The number of hydrogen-bond donors (Lipinski definition) is 0. The second-order valence-corrected chi connectivity index (χ2v) is 3.73. The van der Waals surface area contributed by atoms with E-state index < -0.39 is 6.67 Å². The minimum absolute atomic E-state index is 0.428. The predicted molar refractivity (Wildman–Crippen MR) is 54.3 cm³/mol. The lowest BCUT2D eigenvalue weighted by Gasteiger charge is -1.99. The van der Waals surface area contributed by atoms with E-state index in [0.29, 0.717) is 5.56 Å². The minimum atomic E-state index is -0.428. The molecule has 0 fully saturated rings. The number of benzene rings is 1. The maximum absolute atomic E-state index is 12.3. The number of fused-ring (bicyclic) bond motifs is 1. The highest BCUT2D eigenvalue weighted by Crippen LogP contribution is 2.18. The molecule has 0 aliphatic carbocycles. The highest BCUT2D eigenvalue weighted by Gasteiger charge is 1.97. The number of aromatic nitrogens is 1. The van der Waals surface area contributed by atoms with Crippen molar-refractivity contribution in [3.8, 4) is 0 Å². The van der Waals surface area contributed by atoms with Gasteiger partial charge in [0.1, 0.15) is 6.67 Å². The van der Waals surface area contributed by atoms with Crippen LogP contribution in [0.4, 0.5) is 4.39 Å². The van der Waals surface area contributed by atoms with Gasteiger partial charge in [0.2, 0.25) is 0 Å². The number of rotatable bonds is 1. The Balaban J connectivity index is 2.68. The van der Waals surface area contributed by atoms with Crippen LogP contribution in [-0.2, 0) is 6.67 Å². The molecule has 0 radical (unpaired) electrons. The molecule has 0 spiro atoms. The van der Waals surface area contributed by atoms with Crippen LogP contribution < -0.4 is 0 Å². The molecule has 1 aromatic carbocycles. The van der Waals surface area contributed by atoms with Gasteiger partial charge in [0.25, 0.3) is 0 Å². The van der Waals surface area contributed by atoms with Crippen molar-refractivity contribution in [2.45, 2.75) is 6.67 Å². The summed E-state index contributed by atoms with van der Waals surface area (Å²) < 4.78 is 13.2. The van der Waals surface area contributed by atoms with Crippen molar-refractivity contribution in [3.63, 3.8) is 0 Å². The number of alkyl halides is 1. The third kappa shape index (κ3) is 1.70. The lowest BCUT2D eigenvalue weighted by Crippen LogP contribution is -1.82. The third-order valence-electron chi connectivity index (χ3n) is 1.87. The maximum Gasteiger partial charge on any atom is 0.115 e. The molecule has 0 unspecified atom stereocenters. The van der Waals surface area contributed by atoms with E-state index in [9.17, 15) is 4.39 Å². The molecule has 0 aliphatic rings. The van der Waals surface area contributed by atoms with Crippen LogP contribution in [0.1, 0.15) is 5.56 Å². The monoisotopic (exact) mass is 239 g/mol. The fraction of sp³-hybridized carbons (Fsp3) is 0.100. The Morgan fingerprint density at radius 2 is 2.15 bits per heavy atom. The molecule has 0 N–H and O–H groups in total. The van der Waals surface area contributed by atoms with Crippen molar-refractivity contribution in [3.05, 3.63) is 40.5 Å². The summed E-state index contributed by atoms with van der Waals surface area (Å²) >= 11 is 3.32. The first-order valence-corrected chi connectivity index (χ1v) is 4.69. The van der Waals surface area contributed by atoms with E-state index in [1.807, 2.05) is 18.2 Å². The van der Waals surface area contributed by atoms with Crippen LogP contribution in [0, 0.1) is 0 Å². The van der Waals surface area contributed by atoms with Gasteiger partial charge in [0, 0.05) is 16.1 Å². The zero-order valence-corrected chi connectivity index (χ0v) is 8.38. The fourth-order valence-electron chi connectivity index (χ4n) is 1.24. The summed E-state index contributed by atoms with van der Waals surface area (Å²) in [4.78, 5) is 4.19. The van der Waals surface area contributed by atoms with Gasteiger partial charge >= 0.3 is 0 Å². The van der Waals surface area contributed by atoms with Gasteiger partial charge in [-0.2, -0.15) is 0 Å². The largest absolute Gasteiger partial charge is 0.255 e. The lowest BCUT2D eigenvalue weighted by atomic mass is 10.1. The van der Waals surface area contributed by atoms with E-state index in [-0.39, 0.29) is 0 Å². The van der Waals surface area contributed by atoms with Gasteiger partial charge in [0.15, 0.2) is 0 Å². The van der Waals surface area contributed by atoms with Crippen LogP contribution >= 0.6 is 15.9 Å². The second-order valence-electron chi connectivity index (χ2n) is 2.81. The average Bonchev–Trinajstić information content (AvgIpc) is 2.16. The van der Waals surface area contributed by atoms with Crippen LogP contribution in [0.2, 0.25) is 0 Å². The highest BCUT2D eigenvalue weighted by molar-refractivity contribution is 9.10. The minimum Gasteiger partial charge on any atom is -0.255 e. The summed E-state index contributed by atoms with van der Waals surface area (Å²) in [6.07, 6.45) is 1.73. The maximum atomic E-state index is 12.3. The van der Waals surface area contributed by atoms with Gasteiger partial charge in [-0.1, -0.05) is 6.07 Å². The topological polar surface area (TPSA) is 12.9 Å². The summed E-state index contributed by atoms with van der Waals surface area (Å²) in [6.45, 7) is -0.428. The summed E-state index contributed by atoms with van der Waals surface area (Å²) in [5, 5.41) is 0.963. The number of nitrogens with zero attached hydrogens (tertiary/aromatic N) is 1. The highest BCUT2D eigenvalue weighted by atomic mass is 79.9. The van der Waals surface area contributed by atoms with E-state index in [1.54, 1.807) is 12.3 Å². The molecule has 1 aromatic heterocycles. The normalized spacial score (nSPS) is 10.6. The molecule has 3 heteroatoms. The van der Waals surface area contributed by atoms with Crippen molar-refractivity contribution in [1.82, 2.24) is 4.98 Å². The molecule has 0 saturated carbocycles. The summed E-state index contributed by atoms with van der Waals surface area (Å²) in [6, 6.07) is 7.33. The molecule has 2 rings (SSSR count). The molecule has 66 valence electrons. The molecular weight excluding hydrogens is 233 g/mol. The molecule has 13 heavy (non-hydrogen) atoms. The molecule has 1 nitrogen and oxygen atoms in total. The summed E-state index contributed by atoms with van der Waals surface area (Å²) in [7, 11) is 0. The number of pyridine rings is 1. The Labute approximate surface area is 83.7 Å². The van der Waals surface area contributed by atoms with Crippen LogP contribution in [0.25, 0.3) is 10.9 Å². The number of hydrogen-bond acceptors (Lipinski definition) is 1. The van der Waals surface area contributed by atoms with Crippen molar-refractivity contribution >= 4 is 26.8 Å². The van der Waals surface area contributed by atoms with Crippen molar-refractivity contribution in [2.75, 3.05) is 0 Å². The molecule has 0 aliphatic heterocycles. The van der Waals surface area contributed by atoms with Gasteiger partial charge in [-0.3, -0.25) is 4.98 Å². The van der Waals surface area contributed by atoms with E-state index >= 15 is 0 Å². The van der Waals surface area contributed by atoms with Gasteiger partial charge in [-0.25, -0.2) is 4.39 Å². The third-order valence-corrected chi connectivity index (χ3v) is 2.30. The average molecular weight is 240 g/mol. The van der Waals surface area contributed by atoms with E-state index in [0.717, 1.165) is 15.4 Å². The van der Waals surface area contributed by atoms with Gasteiger partial charge in [-0.15, -0.1) is 0 Å². The Morgan fingerprint density at radius 3 is 2.92 bits per heavy atom. The van der Waals surface area contributed by atoms with Crippen LogP contribution in [0.5, 0.6) is 0 Å². The lowest BCUT2D eigenvalue weighted by molar-refractivity contribution is 0.485. The van der Waals surface area contributed by atoms with Gasteiger partial charge in [0.05, 0.1) is 5.52 Å².